The summed E-state index contributed by atoms with van der Waals surface area (Å²) in [7, 11) is 1.95. The Morgan fingerprint density at radius 2 is 1.79 bits per heavy atom. The zero-order valence-corrected chi connectivity index (χ0v) is 21.4. The van der Waals surface area contributed by atoms with Crippen molar-refractivity contribution in [3.05, 3.63) is 84.7 Å². The van der Waals surface area contributed by atoms with Crippen LogP contribution < -0.4 is 15.8 Å². The van der Waals surface area contributed by atoms with Gasteiger partial charge in [-0.2, -0.15) is 0 Å². The van der Waals surface area contributed by atoms with Crippen molar-refractivity contribution in [2.24, 2.45) is 7.05 Å². The van der Waals surface area contributed by atoms with Crippen molar-refractivity contribution in [2.75, 3.05) is 17.7 Å². The number of anilines is 2. The molecule has 39 heavy (non-hydrogen) atoms. The van der Waals surface area contributed by atoms with E-state index >= 15 is 0 Å². The molecular formula is C29H25N7O3. The molecule has 2 aromatic carbocycles. The minimum atomic E-state index is -0.160. The molecule has 0 unspecified atom stereocenters. The van der Waals surface area contributed by atoms with E-state index in [-0.39, 0.29) is 11.9 Å². The number of nitrogens with zero attached hydrogens (tertiary/aromatic N) is 5. The Morgan fingerprint density at radius 3 is 2.51 bits per heavy atom. The van der Waals surface area contributed by atoms with E-state index < -0.39 is 0 Å². The number of hydrogen-bond donors (Lipinski definition) is 2. The highest BCUT2D eigenvalue weighted by Gasteiger charge is 2.22. The van der Waals surface area contributed by atoms with Gasteiger partial charge < -0.3 is 25.1 Å². The largest absolute Gasteiger partial charge is 0.500 e. The number of aryl methyl sites for hydroxylation is 2. The molecule has 0 bridgehead atoms. The summed E-state index contributed by atoms with van der Waals surface area (Å²) >= 11 is 0. The molecule has 0 aliphatic carbocycles. The maximum atomic E-state index is 12.5. The lowest BCUT2D eigenvalue weighted by Crippen LogP contribution is -2.13. The van der Waals surface area contributed by atoms with Gasteiger partial charge in [0.1, 0.15) is 23.5 Å². The Labute approximate surface area is 224 Å². The summed E-state index contributed by atoms with van der Waals surface area (Å²) in [6.07, 6.45) is 5.24. The predicted molar refractivity (Wildman–Crippen MR) is 148 cm³/mol. The number of amides is 1. The van der Waals surface area contributed by atoms with Crippen molar-refractivity contribution in [2.45, 2.75) is 13.3 Å². The minimum Gasteiger partial charge on any atom is -0.500 e. The van der Waals surface area contributed by atoms with E-state index in [0.717, 1.165) is 33.5 Å². The maximum Gasteiger partial charge on any atom is 0.322 e. The van der Waals surface area contributed by atoms with Crippen LogP contribution in [0, 0.1) is 6.92 Å². The number of ether oxygens (including phenoxy) is 2. The number of carbonyl (C=O) groups excluding carboxylic acids is 1. The van der Waals surface area contributed by atoms with Gasteiger partial charge in [0, 0.05) is 36.6 Å². The highest BCUT2D eigenvalue weighted by atomic mass is 16.5. The van der Waals surface area contributed by atoms with Crippen LogP contribution in [0.25, 0.3) is 33.4 Å². The summed E-state index contributed by atoms with van der Waals surface area (Å²) in [6, 6.07) is 17.4. The van der Waals surface area contributed by atoms with Crippen LogP contribution in [-0.4, -0.2) is 37.0 Å². The van der Waals surface area contributed by atoms with Gasteiger partial charge in [0.25, 0.3) is 5.91 Å². The van der Waals surface area contributed by atoms with Crippen molar-refractivity contribution in [3.63, 3.8) is 0 Å². The normalized spacial score (nSPS) is 12.7. The van der Waals surface area contributed by atoms with Gasteiger partial charge >= 0.3 is 6.01 Å². The van der Waals surface area contributed by atoms with Crippen LogP contribution in [0.1, 0.15) is 12.1 Å². The summed E-state index contributed by atoms with van der Waals surface area (Å²) in [5.74, 6) is 0.839. The van der Waals surface area contributed by atoms with E-state index in [1.807, 2.05) is 73.1 Å². The van der Waals surface area contributed by atoms with Gasteiger partial charge in [-0.05, 0) is 48.4 Å². The van der Waals surface area contributed by atoms with Gasteiger partial charge in [0.15, 0.2) is 0 Å². The predicted octanol–water partition coefficient (Wildman–Crippen LogP) is 5.02. The zero-order chi connectivity index (χ0) is 26.9. The third-order valence-corrected chi connectivity index (χ3v) is 6.54. The van der Waals surface area contributed by atoms with E-state index in [9.17, 15) is 4.79 Å². The monoisotopic (exact) mass is 519 g/mol. The number of benzene rings is 2. The van der Waals surface area contributed by atoms with Crippen LogP contribution in [0.3, 0.4) is 0 Å². The molecule has 0 fully saturated rings. The van der Waals surface area contributed by atoms with Gasteiger partial charge in [-0.1, -0.05) is 24.3 Å². The number of fused-ring (bicyclic) bond motifs is 1. The van der Waals surface area contributed by atoms with Crippen molar-refractivity contribution in [1.29, 1.82) is 0 Å². The van der Waals surface area contributed by atoms with E-state index in [1.54, 1.807) is 6.20 Å². The first kappa shape index (κ1) is 24.1. The first-order chi connectivity index (χ1) is 19.0. The molecule has 0 atom stereocenters. The molecule has 0 saturated carbocycles. The molecule has 1 amide bonds. The zero-order valence-electron chi connectivity index (χ0n) is 21.4. The van der Waals surface area contributed by atoms with Crippen molar-refractivity contribution in [3.8, 4) is 34.1 Å². The molecular weight excluding hydrogens is 494 g/mol. The summed E-state index contributed by atoms with van der Waals surface area (Å²) in [6.45, 7) is 2.42. The van der Waals surface area contributed by atoms with E-state index in [1.165, 1.54) is 12.6 Å². The first-order valence-corrected chi connectivity index (χ1v) is 12.4. The molecule has 3 aromatic heterocycles. The maximum absolute atomic E-state index is 12.5. The van der Waals surface area contributed by atoms with Gasteiger partial charge in [-0.25, -0.2) is 19.9 Å². The lowest BCUT2D eigenvalue weighted by Gasteiger charge is -2.11. The van der Waals surface area contributed by atoms with Crippen LogP contribution in [0.4, 0.5) is 11.5 Å². The number of nitrogen functional groups attached to an aromatic ring is 1. The van der Waals surface area contributed by atoms with Crippen LogP contribution in [-0.2, 0) is 16.6 Å². The average Bonchev–Trinajstić information content (AvgIpc) is 3.58. The fourth-order valence-corrected chi connectivity index (χ4v) is 4.64. The topological polar surface area (TPSA) is 130 Å². The summed E-state index contributed by atoms with van der Waals surface area (Å²) < 4.78 is 13.0. The molecule has 194 valence electrons. The molecule has 3 N–H and O–H groups in total. The lowest BCUT2D eigenvalue weighted by molar-refractivity contribution is -0.112. The van der Waals surface area contributed by atoms with Crippen molar-refractivity contribution >= 4 is 28.4 Å². The summed E-state index contributed by atoms with van der Waals surface area (Å²) in [4.78, 5) is 29.7. The van der Waals surface area contributed by atoms with Crippen LogP contribution in [0.15, 0.2) is 79.0 Å². The van der Waals surface area contributed by atoms with Gasteiger partial charge in [0.2, 0.25) is 0 Å². The molecule has 10 heteroatoms. The Hall–Kier alpha value is -5.25. The quantitative estimate of drug-likeness (QED) is 0.320. The second-order valence-electron chi connectivity index (χ2n) is 9.14. The fourth-order valence-electron chi connectivity index (χ4n) is 4.64. The SMILES string of the molecule is Cc1ccnc(Oc2ccc(-c3c(-c4ccc(NC(=O)C5=COCC5)cc4)n(C)c4ncnc(N)c34)cc2)n1. The highest BCUT2D eigenvalue weighted by molar-refractivity contribution is 6.08. The van der Waals surface area contributed by atoms with E-state index in [4.69, 9.17) is 15.2 Å². The van der Waals surface area contributed by atoms with Crippen LogP contribution >= 0.6 is 0 Å². The lowest BCUT2D eigenvalue weighted by atomic mass is 9.98. The number of aromatic nitrogens is 5. The smallest absolute Gasteiger partial charge is 0.322 e. The molecule has 4 heterocycles. The number of carbonyl (C=O) groups is 1. The van der Waals surface area contributed by atoms with E-state index in [0.29, 0.717) is 41.5 Å². The molecule has 1 aliphatic rings. The standard InChI is InChI=1S/C29H25N7O3/c1-17-11-13-31-29(34-17)39-22-9-5-18(6-10-22)23-24-26(30)32-16-33-27(24)36(2)25(23)19-3-7-21(8-4-19)35-28(37)20-12-14-38-15-20/h3-11,13,15-16H,12,14H2,1-2H3,(H,35,37)(H2,30,32,33). The third kappa shape index (κ3) is 4.63. The molecule has 10 nitrogen and oxygen atoms in total. The molecule has 0 radical (unpaired) electrons. The minimum absolute atomic E-state index is 0.160. The number of nitrogens with one attached hydrogen (secondary N) is 1. The molecule has 0 saturated heterocycles. The third-order valence-electron chi connectivity index (χ3n) is 6.54. The Kier molecular flexibility index (Phi) is 6.12. The number of nitrogens with two attached hydrogens (primary N) is 1. The van der Waals surface area contributed by atoms with Crippen LogP contribution in [0.2, 0.25) is 0 Å². The Morgan fingerprint density at radius 1 is 1.03 bits per heavy atom. The average molecular weight is 520 g/mol. The summed E-state index contributed by atoms with van der Waals surface area (Å²) in [5.41, 5.74) is 12.9. The second-order valence-corrected chi connectivity index (χ2v) is 9.14. The molecule has 0 spiro atoms. The van der Waals surface area contributed by atoms with Gasteiger partial charge in [-0.3, -0.25) is 4.79 Å². The number of hydrogen-bond acceptors (Lipinski definition) is 8. The van der Waals surface area contributed by atoms with Gasteiger partial charge in [0.05, 0.1) is 29.5 Å². The Bertz CT molecular complexity index is 1730. The molecule has 6 rings (SSSR count). The molecule has 5 aromatic rings. The first-order valence-electron chi connectivity index (χ1n) is 12.4. The summed E-state index contributed by atoms with van der Waals surface area (Å²) in [5, 5.41) is 3.69. The second kappa shape index (κ2) is 9.90. The molecule has 1 aliphatic heterocycles. The Balaban J connectivity index is 1.37. The van der Waals surface area contributed by atoms with Crippen molar-refractivity contribution < 1.29 is 14.3 Å². The van der Waals surface area contributed by atoms with E-state index in [2.05, 4.69) is 25.3 Å². The fraction of sp³-hybridized carbons (Fsp3) is 0.138. The highest BCUT2D eigenvalue weighted by Crippen LogP contribution is 2.42. The van der Waals surface area contributed by atoms with Gasteiger partial charge in [-0.15, -0.1) is 0 Å². The van der Waals surface area contributed by atoms with Crippen molar-refractivity contribution in [1.82, 2.24) is 24.5 Å². The number of rotatable bonds is 6. The van der Waals surface area contributed by atoms with Crippen LogP contribution in [0.5, 0.6) is 11.8 Å².